The Morgan fingerprint density at radius 1 is 1.43 bits per heavy atom. The molecule has 0 spiro atoms. The van der Waals surface area contributed by atoms with Crippen LogP contribution in [0.3, 0.4) is 0 Å². The summed E-state index contributed by atoms with van der Waals surface area (Å²) < 4.78 is 26.4. The van der Waals surface area contributed by atoms with Crippen molar-refractivity contribution in [1.29, 1.82) is 0 Å². The predicted octanol–water partition coefficient (Wildman–Crippen LogP) is 2.70. The standard InChI is InChI=1S/C14H21NO4S2/c1-14(2,3)7-9-21(18,19)15-10-12-11(6-8-20-12)4-5-13(16)17/h4-6,8,15H,7,9-10H2,1-3H3,(H,16,17)/b5-4+. The second-order valence-electron chi connectivity index (χ2n) is 5.92. The Kier molecular flexibility index (Phi) is 6.12. The van der Waals surface area contributed by atoms with E-state index < -0.39 is 16.0 Å². The number of carbonyl (C=O) groups is 1. The lowest BCUT2D eigenvalue weighted by Gasteiger charge is -2.17. The minimum atomic E-state index is -3.32. The number of hydrogen-bond donors (Lipinski definition) is 2. The first-order valence-electron chi connectivity index (χ1n) is 6.54. The van der Waals surface area contributed by atoms with Crippen molar-refractivity contribution in [3.05, 3.63) is 28.0 Å². The van der Waals surface area contributed by atoms with E-state index in [2.05, 4.69) is 4.72 Å². The van der Waals surface area contributed by atoms with Crippen LogP contribution in [-0.4, -0.2) is 25.2 Å². The van der Waals surface area contributed by atoms with Crippen molar-refractivity contribution in [2.45, 2.75) is 33.7 Å². The monoisotopic (exact) mass is 331 g/mol. The van der Waals surface area contributed by atoms with Crippen molar-refractivity contribution in [3.8, 4) is 0 Å². The van der Waals surface area contributed by atoms with Crippen molar-refractivity contribution < 1.29 is 18.3 Å². The van der Waals surface area contributed by atoms with Crippen LogP contribution in [0.25, 0.3) is 6.08 Å². The summed E-state index contributed by atoms with van der Waals surface area (Å²) in [5.74, 6) is -0.944. The lowest BCUT2D eigenvalue weighted by atomic mass is 9.94. The highest BCUT2D eigenvalue weighted by Crippen LogP contribution is 2.20. The van der Waals surface area contributed by atoms with Crippen LogP contribution in [0.15, 0.2) is 17.5 Å². The third kappa shape index (κ3) is 7.40. The number of carboxylic acids is 1. The Bertz CT molecular complexity index is 609. The molecule has 0 unspecified atom stereocenters. The molecule has 2 N–H and O–H groups in total. The fourth-order valence-electron chi connectivity index (χ4n) is 1.49. The van der Waals surface area contributed by atoms with Crippen LogP contribution in [0.1, 0.15) is 37.6 Å². The van der Waals surface area contributed by atoms with Crippen LogP contribution >= 0.6 is 11.3 Å². The number of rotatable bonds is 7. The number of sulfonamides is 1. The molecule has 0 bridgehead atoms. The molecule has 0 atom stereocenters. The molecule has 118 valence electrons. The minimum absolute atomic E-state index is 0.0347. The summed E-state index contributed by atoms with van der Waals surface area (Å²) >= 11 is 1.39. The van der Waals surface area contributed by atoms with Gasteiger partial charge in [0.25, 0.3) is 0 Å². The Labute approximate surface area is 129 Å². The van der Waals surface area contributed by atoms with E-state index in [9.17, 15) is 13.2 Å². The van der Waals surface area contributed by atoms with Crippen molar-refractivity contribution in [3.63, 3.8) is 0 Å². The average molecular weight is 331 g/mol. The van der Waals surface area contributed by atoms with Crippen LogP contribution in [0.4, 0.5) is 0 Å². The summed E-state index contributed by atoms with van der Waals surface area (Å²) in [7, 11) is -3.32. The highest BCUT2D eigenvalue weighted by molar-refractivity contribution is 7.89. The van der Waals surface area contributed by atoms with Gasteiger partial charge in [0.15, 0.2) is 0 Å². The molecule has 1 aromatic rings. The highest BCUT2D eigenvalue weighted by Gasteiger charge is 2.17. The molecule has 1 aromatic heterocycles. The minimum Gasteiger partial charge on any atom is -0.478 e. The molecule has 5 nitrogen and oxygen atoms in total. The number of hydrogen-bond acceptors (Lipinski definition) is 4. The molecule has 7 heteroatoms. The molecule has 0 aliphatic carbocycles. The van der Waals surface area contributed by atoms with E-state index >= 15 is 0 Å². The van der Waals surface area contributed by atoms with E-state index in [4.69, 9.17) is 5.11 Å². The molecule has 0 fully saturated rings. The van der Waals surface area contributed by atoms with E-state index in [1.807, 2.05) is 20.8 Å². The van der Waals surface area contributed by atoms with Gasteiger partial charge in [-0.1, -0.05) is 20.8 Å². The summed E-state index contributed by atoms with van der Waals surface area (Å²) in [6, 6.07) is 1.77. The zero-order valence-corrected chi connectivity index (χ0v) is 14.1. The number of aliphatic carboxylic acids is 1. The third-order valence-corrected chi connectivity index (χ3v) is 5.02. The van der Waals surface area contributed by atoms with Gasteiger partial charge in [-0.05, 0) is 34.9 Å². The molecule has 0 aliphatic heterocycles. The Morgan fingerprint density at radius 2 is 2.10 bits per heavy atom. The first-order valence-corrected chi connectivity index (χ1v) is 9.07. The Hall–Kier alpha value is -1.18. The molecule has 1 heterocycles. The van der Waals surface area contributed by atoms with E-state index in [1.165, 1.54) is 17.4 Å². The smallest absolute Gasteiger partial charge is 0.328 e. The maximum absolute atomic E-state index is 11.9. The summed E-state index contributed by atoms with van der Waals surface area (Å²) in [6.07, 6.45) is 3.09. The zero-order chi connectivity index (χ0) is 16.1. The maximum atomic E-state index is 11.9. The van der Waals surface area contributed by atoms with Crippen LogP contribution < -0.4 is 4.72 Å². The summed E-state index contributed by atoms with van der Waals surface area (Å²) in [5, 5.41) is 10.4. The first kappa shape index (κ1) is 17.9. The predicted molar refractivity (Wildman–Crippen MR) is 85.7 cm³/mol. The lowest BCUT2D eigenvalue weighted by Crippen LogP contribution is -2.27. The average Bonchev–Trinajstić information content (AvgIpc) is 2.78. The van der Waals surface area contributed by atoms with Gasteiger partial charge in [0.05, 0.1) is 5.75 Å². The summed E-state index contributed by atoms with van der Waals surface area (Å²) in [4.78, 5) is 11.3. The van der Waals surface area contributed by atoms with Crippen molar-refractivity contribution >= 4 is 33.4 Å². The quantitative estimate of drug-likeness (QED) is 0.753. The molecule has 0 saturated carbocycles. The van der Waals surface area contributed by atoms with E-state index in [-0.39, 0.29) is 17.7 Å². The summed E-state index contributed by atoms with van der Waals surface area (Å²) in [5.41, 5.74) is 0.688. The molecule has 0 aliphatic rings. The SMILES string of the molecule is CC(C)(C)CCS(=O)(=O)NCc1sccc1/C=C/C(=O)O. The van der Waals surface area contributed by atoms with Crippen LogP contribution in [0.5, 0.6) is 0 Å². The van der Waals surface area contributed by atoms with Crippen molar-refractivity contribution in [2.24, 2.45) is 5.41 Å². The van der Waals surface area contributed by atoms with Gasteiger partial charge in [-0.3, -0.25) is 0 Å². The fraction of sp³-hybridized carbons (Fsp3) is 0.500. The van der Waals surface area contributed by atoms with Crippen molar-refractivity contribution in [1.82, 2.24) is 4.72 Å². The van der Waals surface area contributed by atoms with Gasteiger partial charge < -0.3 is 5.11 Å². The molecule has 0 amide bonds. The molecule has 1 rings (SSSR count). The second-order valence-corrected chi connectivity index (χ2v) is 8.85. The van der Waals surface area contributed by atoms with Gasteiger partial charge in [0.1, 0.15) is 0 Å². The first-order chi connectivity index (χ1) is 9.59. The van der Waals surface area contributed by atoms with Crippen molar-refractivity contribution in [2.75, 3.05) is 5.75 Å². The van der Waals surface area contributed by atoms with Crippen LogP contribution in [0.2, 0.25) is 0 Å². The van der Waals surface area contributed by atoms with E-state index in [1.54, 1.807) is 11.4 Å². The van der Waals surface area contributed by atoms with Gasteiger partial charge in [-0.15, -0.1) is 11.3 Å². The maximum Gasteiger partial charge on any atom is 0.328 e. The molecule has 0 aromatic carbocycles. The number of nitrogens with one attached hydrogen (secondary N) is 1. The van der Waals surface area contributed by atoms with E-state index in [0.717, 1.165) is 16.5 Å². The van der Waals surface area contributed by atoms with Gasteiger partial charge in [0.2, 0.25) is 10.0 Å². The molecule has 0 radical (unpaired) electrons. The molecular formula is C14H21NO4S2. The third-order valence-electron chi connectivity index (χ3n) is 2.76. The normalized spacial score (nSPS) is 12.9. The Balaban J connectivity index is 2.63. The zero-order valence-electron chi connectivity index (χ0n) is 12.4. The van der Waals surface area contributed by atoms with Crippen LogP contribution in [0, 0.1) is 5.41 Å². The van der Waals surface area contributed by atoms with Gasteiger partial charge in [0, 0.05) is 17.5 Å². The van der Waals surface area contributed by atoms with Gasteiger partial charge in [-0.25, -0.2) is 17.9 Å². The largest absolute Gasteiger partial charge is 0.478 e. The number of thiophene rings is 1. The Morgan fingerprint density at radius 3 is 2.67 bits per heavy atom. The second kappa shape index (κ2) is 7.20. The molecular weight excluding hydrogens is 310 g/mol. The topological polar surface area (TPSA) is 83.5 Å². The van der Waals surface area contributed by atoms with Crippen LogP contribution in [-0.2, 0) is 21.4 Å². The van der Waals surface area contributed by atoms with Gasteiger partial charge in [-0.2, -0.15) is 0 Å². The summed E-state index contributed by atoms with van der Waals surface area (Å²) in [6.45, 7) is 6.17. The molecule has 0 saturated heterocycles. The highest BCUT2D eigenvalue weighted by atomic mass is 32.2. The lowest BCUT2D eigenvalue weighted by molar-refractivity contribution is -0.131. The fourth-order valence-corrected chi connectivity index (χ4v) is 3.78. The number of carboxylic acid groups (broad SMARTS) is 1. The van der Waals surface area contributed by atoms with Gasteiger partial charge >= 0.3 is 5.97 Å². The molecule has 21 heavy (non-hydrogen) atoms. The van der Waals surface area contributed by atoms with E-state index in [0.29, 0.717) is 6.42 Å².